The number of carbonyl (C=O) groups excluding carboxylic acids is 1. The van der Waals surface area contributed by atoms with Crippen LogP contribution >= 0.6 is 7.82 Å². The summed E-state index contributed by atoms with van der Waals surface area (Å²) in [5.41, 5.74) is 0. The summed E-state index contributed by atoms with van der Waals surface area (Å²) in [5.74, 6) is -0.294. The molecule has 0 aromatic carbocycles. The maximum atomic E-state index is 13.0. The lowest BCUT2D eigenvalue weighted by Crippen LogP contribution is -2.51. The van der Waals surface area contributed by atoms with Gasteiger partial charge in [-0.2, -0.15) is 0 Å². The molecule has 0 saturated heterocycles. The summed E-state index contributed by atoms with van der Waals surface area (Å²) < 4.78 is 23.2. The van der Waals surface area contributed by atoms with Gasteiger partial charge in [0.2, 0.25) is 5.91 Å². The predicted molar refractivity (Wildman–Crippen MR) is 285 cm³/mol. The summed E-state index contributed by atoms with van der Waals surface area (Å²) in [7, 11) is 1.09. The number of nitrogens with one attached hydrogen (secondary N) is 1. The van der Waals surface area contributed by atoms with E-state index in [0.29, 0.717) is 30.3 Å². The standard InChI is InChI=1S/C57H107N2O7P/c1-6-8-10-12-14-16-18-20-21-22-23-24-25-26-27-28-29-30-31-32-33-34-35-36-37-38-40-42-44-46-48-50-56(61)58-54(53-66-67(63,64)65-52-51-59(3,4)5)57(62)55(60)49-47-45-43-41-39-19-17-15-13-11-9-7-2/h7,9,15,17-18,20,22-23,41,43,54-55,57,60,62H,6,8,10-14,16,19,21,24-40,42,44-53H2,1-5H3,(H-,58,61,63,64)/b9-7+,17-15+,20-18-,23-22-,43-41+. The molecule has 3 N–H and O–H groups in total. The molecule has 0 rings (SSSR count). The van der Waals surface area contributed by atoms with Crippen molar-refractivity contribution in [3.05, 3.63) is 60.8 Å². The minimum atomic E-state index is -4.68. The highest BCUT2D eigenvalue weighted by Gasteiger charge is 2.29. The van der Waals surface area contributed by atoms with E-state index in [1.54, 1.807) is 0 Å². The number of allylic oxidation sites excluding steroid dienone is 10. The lowest BCUT2D eigenvalue weighted by molar-refractivity contribution is -0.870. The van der Waals surface area contributed by atoms with E-state index >= 15 is 0 Å². The van der Waals surface area contributed by atoms with Crippen LogP contribution in [0.1, 0.15) is 239 Å². The number of phosphoric ester groups is 1. The van der Waals surface area contributed by atoms with Crippen LogP contribution in [0, 0.1) is 0 Å². The fourth-order valence-corrected chi connectivity index (χ4v) is 8.70. The first kappa shape index (κ1) is 65.2. The molecule has 4 atom stereocenters. The molecule has 0 aliphatic rings. The Morgan fingerprint density at radius 2 is 0.970 bits per heavy atom. The Kier molecular flexibility index (Phi) is 46.5. The van der Waals surface area contributed by atoms with Crippen LogP contribution in [0.15, 0.2) is 60.8 Å². The molecule has 0 aromatic rings. The molecule has 67 heavy (non-hydrogen) atoms. The van der Waals surface area contributed by atoms with E-state index in [1.165, 1.54) is 141 Å². The largest absolute Gasteiger partial charge is 0.756 e. The van der Waals surface area contributed by atoms with Gasteiger partial charge in [-0.3, -0.25) is 9.36 Å². The van der Waals surface area contributed by atoms with E-state index in [4.69, 9.17) is 9.05 Å². The van der Waals surface area contributed by atoms with Crippen LogP contribution in [-0.4, -0.2) is 79.8 Å². The second-order valence-corrected chi connectivity index (χ2v) is 21.5. The van der Waals surface area contributed by atoms with Gasteiger partial charge in [-0.05, 0) is 90.4 Å². The van der Waals surface area contributed by atoms with Gasteiger partial charge in [0.1, 0.15) is 19.3 Å². The second kappa shape index (κ2) is 47.8. The molecule has 10 heteroatoms. The maximum Gasteiger partial charge on any atom is 0.268 e. The molecule has 4 unspecified atom stereocenters. The minimum absolute atomic E-state index is 0.0510. The summed E-state index contributed by atoms with van der Waals surface area (Å²) >= 11 is 0. The molecule has 392 valence electrons. The van der Waals surface area contributed by atoms with Gasteiger partial charge in [0, 0.05) is 6.42 Å². The number of hydrogen-bond donors (Lipinski definition) is 3. The number of aliphatic hydroxyl groups is 2. The Morgan fingerprint density at radius 1 is 0.567 bits per heavy atom. The van der Waals surface area contributed by atoms with Gasteiger partial charge in [0.15, 0.2) is 0 Å². The van der Waals surface area contributed by atoms with Gasteiger partial charge in [0.25, 0.3) is 7.82 Å². The van der Waals surface area contributed by atoms with Gasteiger partial charge >= 0.3 is 0 Å². The van der Waals surface area contributed by atoms with Gasteiger partial charge < -0.3 is 34.0 Å². The SMILES string of the molecule is C/C=C/CC/C=C/CC/C=C/CCCC(O)C(O)C(COP(=O)([O-])OCC[N+](C)(C)C)NC(=O)CCCCCCCCCCCCCCCCCCCCC/C=C\C/C=C\CCCCCCC. The van der Waals surface area contributed by atoms with Crippen molar-refractivity contribution in [3.63, 3.8) is 0 Å². The quantitative estimate of drug-likeness (QED) is 0.0240. The van der Waals surface area contributed by atoms with Crippen molar-refractivity contribution in [3.8, 4) is 0 Å². The van der Waals surface area contributed by atoms with E-state index in [0.717, 1.165) is 57.8 Å². The van der Waals surface area contributed by atoms with E-state index in [1.807, 2.05) is 28.1 Å². The first-order chi connectivity index (χ1) is 32.4. The smallest absolute Gasteiger partial charge is 0.268 e. The van der Waals surface area contributed by atoms with Gasteiger partial charge in [0.05, 0.1) is 39.9 Å². The van der Waals surface area contributed by atoms with Gasteiger partial charge in [-0.15, -0.1) is 0 Å². The van der Waals surface area contributed by atoms with E-state index in [-0.39, 0.29) is 18.9 Å². The summed E-state index contributed by atoms with van der Waals surface area (Å²) in [6.07, 6.45) is 60.3. The van der Waals surface area contributed by atoms with Crippen LogP contribution in [0.3, 0.4) is 0 Å². The third kappa shape index (κ3) is 49.0. The number of hydrogen-bond acceptors (Lipinski definition) is 7. The molecular weight excluding hydrogens is 856 g/mol. The Balaban J connectivity index is 4.13. The number of quaternary nitrogens is 1. The lowest BCUT2D eigenvalue weighted by atomic mass is 10.0. The second-order valence-electron chi connectivity index (χ2n) is 20.1. The normalized spacial score (nSPS) is 14.9. The molecule has 0 bridgehead atoms. The van der Waals surface area contributed by atoms with Crippen LogP contribution in [0.25, 0.3) is 0 Å². The molecule has 0 aliphatic heterocycles. The molecule has 0 aromatic heterocycles. The molecule has 0 saturated carbocycles. The lowest BCUT2D eigenvalue weighted by Gasteiger charge is -2.31. The van der Waals surface area contributed by atoms with E-state index in [2.05, 4.69) is 73.0 Å². The average molecular weight is 963 g/mol. The highest BCUT2D eigenvalue weighted by atomic mass is 31.2. The van der Waals surface area contributed by atoms with Crippen LogP contribution in [0.2, 0.25) is 0 Å². The van der Waals surface area contributed by atoms with Crippen molar-refractivity contribution in [2.45, 2.75) is 257 Å². The third-order valence-electron chi connectivity index (χ3n) is 12.4. The number of aliphatic hydroxyl groups excluding tert-OH is 2. The number of unbranched alkanes of at least 4 members (excludes halogenated alkanes) is 27. The molecule has 0 aliphatic carbocycles. The zero-order chi connectivity index (χ0) is 49.4. The van der Waals surface area contributed by atoms with Crippen molar-refractivity contribution in [1.82, 2.24) is 5.32 Å². The highest BCUT2D eigenvalue weighted by Crippen LogP contribution is 2.38. The minimum Gasteiger partial charge on any atom is -0.756 e. The third-order valence-corrected chi connectivity index (χ3v) is 13.3. The number of carbonyl (C=O) groups is 1. The van der Waals surface area contributed by atoms with Crippen molar-refractivity contribution in [1.29, 1.82) is 0 Å². The molecule has 0 fully saturated rings. The average Bonchev–Trinajstić information content (AvgIpc) is 3.29. The number of likely N-dealkylation sites (N-methyl/N-ethyl adjacent to an activating group) is 1. The van der Waals surface area contributed by atoms with E-state index in [9.17, 15) is 24.5 Å². The Hall–Kier alpha value is -1.84. The van der Waals surface area contributed by atoms with Gasteiger partial charge in [-0.1, -0.05) is 203 Å². The Bertz CT molecular complexity index is 1290. The highest BCUT2D eigenvalue weighted by molar-refractivity contribution is 7.45. The molecule has 1 amide bonds. The topological polar surface area (TPSA) is 128 Å². The van der Waals surface area contributed by atoms with Crippen LogP contribution in [0.4, 0.5) is 0 Å². The van der Waals surface area contributed by atoms with Crippen molar-refractivity contribution in [2.24, 2.45) is 0 Å². The number of amides is 1. The molecular formula is C57H107N2O7P. The number of nitrogens with zero attached hydrogens (tertiary/aromatic N) is 1. The maximum absolute atomic E-state index is 13.0. The molecule has 0 spiro atoms. The first-order valence-electron chi connectivity index (χ1n) is 27.7. The summed E-state index contributed by atoms with van der Waals surface area (Å²) in [6.45, 7) is 4.19. The molecule has 0 heterocycles. The van der Waals surface area contributed by atoms with Crippen molar-refractivity contribution in [2.75, 3.05) is 40.9 Å². The van der Waals surface area contributed by atoms with E-state index < -0.39 is 32.7 Å². The fourth-order valence-electron chi connectivity index (χ4n) is 7.97. The monoisotopic (exact) mass is 963 g/mol. The first-order valence-corrected chi connectivity index (χ1v) is 29.1. The van der Waals surface area contributed by atoms with Crippen LogP contribution in [-0.2, 0) is 18.4 Å². The zero-order valence-corrected chi connectivity index (χ0v) is 45.1. The summed E-state index contributed by atoms with van der Waals surface area (Å²) in [4.78, 5) is 25.5. The molecule has 9 nitrogen and oxygen atoms in total. The van der Waals surface area contributed by atoms with Crippen molar-refractivity contribution >= 4 is 13.7 Å². The van der Waals surface area contributed by atoms with Crippen molar-refractivity contribution < 1.29 is 38.0 Å². The van der Waals surface area contributed by atoms with Crippen LogP contribution in [0.5, 0.6) is 0 Å². The Morgan fingerprint density at radius 3 is 1.43 bits per heavy atom. The fraction of sp³-hybridized carbons (Fsp3) is 0.807. The summed E-state index contributed by atoms with van der Waals surface area (Å²) in [6, 6.07) is -1.10. The summed E-state index contributed by atoms with van der Waals surface area (Å²) in [5, 5.41) is 24.6. The number of rotatable bonds is 50. The van der Waals surface area contributed by atoms with Gasteiger partial charge in [-0.25, -0.2) is 0 Å². The Labute approximate surface area is 414 Å². The van der Waals surface area contributed by atoms with Crippen LogP contribution < -0.4 is 10.2 Å². The molecule has 0 radical (unpaired) electrons. The zero-order valence-electron chi connectivity index (χ0n) is 44.2. The number of phosphoric acid groups is 1. The predicted octanol–water partition coefficient (Wildman–Crippen LogP) is 14.9.